The Morgan fingerprint density at radius 1 is 1.14 bits per heavy atom. The van der Waals surface area contributed by atoms with E-state index in [1.165, 1.54) is 29.4 Å². The Morgan fingerprint density at radius 3 is 2.57 bits per heavy atom. The topological polar surface area (TPSA) is 42.7 Å². The van der Waals surface area contributed by atoms with E-state index in [0.717, 1.165) is 11.3 Å². The van der Waals surface area contributed by atoms with Crippen molar-refractivity contribution < 1.29 is 18.3 Å². The molecule has 6 heteroatoms. The predicted molar refractivity (Wildman–Crippen MR) is 106 cm³/mol. The SMILES string of the molecule is COc1ccc(/C=C/C(=O)N(Cc2ccco2)Cc2c(F)cccc2Cl)cc1. The lowest BCUT2D eigenvalue weighted by Crippen LogP contribution is -2.29. The van der Waals surface area contributed by atoms with Crippen LogP contribution >= 0.6 is 11.6 Å². The summed E-state index contributed by atoms with van der Waals surface area (Å²) in [5.41, 5.74) is 1.11. The van der Waals surface area contributed by atoms with Crippen molar-refractivity contribution in [3.05, 3.63) is 94.7 Å². The molecule has 1 amide bonds. The Labute approximate surface area is 167 Å². The molecule has 3 rings (SSSR count). The first-order valence-corrected chi connectivity index (χ1v) is 9.01. The molecular weight excluding hydrogens is 381 g/mol. The van der Waals surface area contributed by atoms with Crippen LogP contribution in [0.5, 0.6) is 5.75 Å². The molecule has 3 aromatic rings. The Balaban J connectivity index is 1.80. The van der Waals surface area contributed by atoms with Gasteiger partial charge in [-0.05, 0) is 48.0 Å². The van der Waals surface area contributed by atoms with Crippen molar-refractivity contribution in [2.24, 2.45) is 0 Å². The number of benzene rings is 2. The molecular formula is C22H19ClFNO3. The molecule has 0 aliphatic carbocycles. The normalized spacial score (nSPS) is 11.0. The first kappa shape index (κ1) is 19.7. The molecule has 2 aromatic carbocycles. The minimum Gasteiger partial charge on any atom is -0.497 e. The molecule has 0 atom stereocenters. The largest absolute Gasteiger partial charge is 0.497 e. The van der Waals surface area contributed by atoms with Crippen molar-refractivity contribution in [3.63, 3.8) is 0 Å². The molecule has 0 saturated carbocycles. The monoisotopic (exact) mass is 399 g/mol. The van der Waals surface area contributed by atoms with E-state index in [2.05, 4.69) is 0 Å². The number of halogens is 2. The maximum atomic E-state index is 14.2. The van der Waals surface area contributed by atoms with Gasteiger partial charge in [-0.1, -0.05) is 29.8 Å². The highest BCUT2D eigenvalue weighted by molar-refractivity contribution is 6.31. The zero-order chi connectivity index (χ0) is 19.9. The van der Waals surface area contributed by atoms with E-state index >= 15 is 0 Å². The van der Waals surface area contributed by atoms with Crippen molar-refractivity contribution in [2.75, 3.05) is 7.11 Å². The number of rotatable bonds is 7. The maximum absolute atomic E-state index is 14.2. The molecule has 1 heterocycles. The van der Waals surface area contributed by atoms with Gasteiger partial charge < -0.3 is 14.1 Å². The maximum Gasteiger partial charge on any atom is 0.247 e. The van der Waals surface area contributed by atoms with E-state index in [1.807, 2.05) is 24.3 Å². The van der Waals surface area contributed by atoms with E-state index in [9.17, 15) is 9.18 Å². The fraction of sp³-hybridized carbons (Fsp3) is 0.136. The van der Waals surface area contributed by atoms with Crippen molar-refractivity contribution in [2.45, 2.75) is 13.1 Å². The molecule has 0 fully saturated rings. The van der Waals surface area contributed by atoms with Crippen LogP contribution < -0.4 is 4.74 Å². The van der Waals surface area contributed by atoms with Gasteiger partial charge in [0.1, 0.15) is 17.3 Å². The average molecular weight is 400 g/mol. The van der Waals surface area contributed by atoms with E-state index in [4.69, 9.17) is 20.8 Å². The highest BCUT2D eigenvalue weighted by atomic mass is 35.5. The number of furan rings is 1. The van der Waals surface area contributed by atoms with Gasteiger partial charge in [0.15, 0.2) is 0 Å². The van der Waals surface area contributed by atoms with Crippen molar-refractivity contribution in [3.8, 4) is 5.75 Å². The van der Waals surface area contributed by atoms with Gasteiger partial charge in [-0.25, -0.2) is 4.39 Å². The Morgan fingerprint density at radius 2 is 1.93 bits per heavy atom. The van der Waals surface area contributed by atoms with Crippen molar-refractivity contribution >= 4 is 23.6 Å². The second-order valence-corrected chi connectivity index (χ2v) is 6.49. The van der Waals surface area contributed by atoms with Gasteiger partial charge in [0.2, 0.25) is 5.91 Å². The van der Waals surface area contributed by atoms with E-state index in [-0.39, 0.29) is 29.6 Å². The quantitative estimate of drug-likeness (QED) is 0.505. The van der Waals surface area contributed by atoms with Crippen LogP contribution in [0.25, 0.3) is 6.08 Å². The highest BCUT2D eigenvalue weighted by Gasteiger charge is 2.17. The number of carbonyl (C=O) groups is 1. The molecule has 0 radical (unpaired) electrons. The Kier molecular flexibility index (Phi) is 6.50. The van der Waals surface area contributed by atoms with Crippen LogP contribution in [-0.4, -0.2) is 17.9 Å². The third kappa shape index (κ3) is 5.02. The highest BCUT2D eigenvalue weighted by Crippen LogP contribution is 2.22. The summed E-state index contributed by atoms with van der Waals surface area (Å²) < 4.78 is 24.7. The number of carbonyl (C=O) groups excluding carboxylic acids is 1. The molecule has 28 heavy (non-hydrogen) atoms. The minimum absolute atomic E-state index is 0.0258. The lowest BCUT2D eigenvalue weighted by molar-refractivity contribution is -0.127. The number of hydrogen-bond acceptors (Lipinski definition) is 3. The lowest BCUT2D eigenvalue weighted by atomic mass is 10.1. The first-order chi connectivity index (χ1) is 13.6. The van der Waals surface area contributed by atoms with Crippen LogP contribution in [0, 0.1) is 5.82 Å². The van der Waals surface area contributed by atoms with Crippen LogP contribution in [0.2, 0.25) is 5.02 Å². The second-order valence-electron chi connectivity index (χ2n) is 6.08. The van der Waals surface area contributed by atoms with Crippen molar-refractivity contribution in [1.82, 2.24) is 4.90 Å². The standard InChI is InChI=1S/C22H19ClFNO3/c1-27-17-10-7-16(8-11-17)9-12-22(26)25(14-18-4-3-13-28-18)15-19-20(23)5-2-6-21(19)24/h2-13H,14-15H2,1H3/b12-9+. The van der Waals surface area contributed by atoms with Crippen LogP contribution in [0.1, 0.15) is 16.9 Å². The summed E-state index contributed by atoms with van der Waals surface area (Å²) in [5.74, 6) is 0.589. The number of ether oxygens (including phenoxy) is 1. The molecule has 144 valence electrons. The Bertz CT molecular complexity index is 932. The third-order valence-corrected chi connectivity index (χ3v) is 4.54. The molecule has 0 aliphatic rings. The van der Waals surface area contributed by atoms with Crippen LogP contribution in [-0.2, 0) is 17.9 Å². The summed E-state index contributed by atoms with van der Waals surface area (Å²) >= 11 is 6.13. The summed E-state index contributed by atoms with van der Waals surface area (Å²) in [5, 5.41) is 0.274. The van der Waals surface area contributed by atoms with Gasteiger partial charge in [0.25, 0.3) is 0 Å². The summed E-state index contributed by atoms with van der Waals surface area (Å²) in [7, 11) is 1.59. The summed E-state index contributed by atoms with van der Waals surface area (Å²) in [6.07, 6.45) is 4.67. The van der Waals surface area contributed by atoms with E-state index in [1.54, 1.807) is 31.4 Å². The average Bonchev–Trinajstić information content (AvgIpc) is 3.21. The molecule has 0 N–H and O–H groups in total. The van der Waals surface area contributed by atoms with Gasteiger partial charge >= 0.3 is 0 Å². The van der Waals surface area contributed by atoms with Gasteiger partial charge in [0, 0.05) is 16.7 Å². The smallest absolute Gasteiger partial charge is 0.247 e. The van der Waals surface area contributed by atoms with Gasteiger partial charge in [-0.2, -0.15) is 0 Å². The molecule has 0 spiro atoms. The number of nitrogens with zero attached hydrogens (tertiary/aromatic N) is 1. The van der Waals surface area contributed by atoms with Crippen LogP contribution in [0.3, 0.4) is 0 Å². The fourth-order valence-corrected chi connectivity index (χ4v) is 2.89. The third-order valence-electron chi connectivity index (χ3n) is 4.18. The van der Waals surface area contributed by atoms with Gasteiger partial charge in [-0.3, -0.25) is 4.79 Å². The minimum atomic E-state index is -0.455. The second kappa shape index (κ2) is 9.24. The molecule has 0 bridgehead atoms. The molecule has 0 unspecified atom stereocenters. The molecule has 4 nitrogen and oxygen atoms in total. The number of amides is 1. The fourth-order valence-electron chi connectivity index (χ4n) is 2.66. The summed E-state index contributed by atoms with van der Waals surface area (Å²) in [6, 6.07) is 15.3. The summed E-state index contributed by atoms with van der Waals surface area (Å²) in [4.78, 5) is 14.3. The zero-order valence-electron chi connectivity index (χ0n) is 15.3. The lowest BCUT2D eigenvalue weighted by Gasteiger charge is -2.21. The van der Waals surface area contributed by atoms with Crippen molar-refractivity contribution in [1.29, 1.82) is 0 Å². The zero-order valence-corrected chi connectivity index (χ0v) is 16.0. The van der Waals surface area contributed by atoms with E-state index < -0.39 is 5.82 Å². The number of hydrogen-bond donors (Lipinski definition) is 0. The molecule has 0 aliphatic heterocycles. The Hall–Kier alpha value is -3.05. The first-order valence-electron chi connectivity index (χ1n) is 8.63. The van der Waals surface area contributed by atoms with Gasteiger partial charge in [-0.15, -0.1) is 0 Å². The van der Waals surface area contributed by atoms with Crippen LogP contribution in [0.15, 0.2) is 71.4 Å². The summed E-state index contributed by atoms with van der Waals surface area (Å²) in [6.45, 7) is 0.224. The number of methoxy groups -OCH3 is 1. The molecule has 0 saturated heterocycles. The van der Waals surface area contributed by atoms with Gasteiger partial charge in [0.05, 0.1) is 26.5 Å². The molecule has 1 aromatic heterocycles. The van der Waals surface area contributed by atoms with E-state index in [0.29, 0.717) is 5.76 Å². The predicted octanol–water partition coefficient (Wildman–Crippen LogP) is 5.32. The van der Waals surface area contributed by atoms with Crippen LogP contribution in [0.4, 0.5) is 4.39 Å².